The van der Waals surface area contributed by atoms with Crippen LogP contribution in [0.15, 0.2) is 85.2 Å². The molecule has 0 fully saturated rings. The topological polar surface area (TPSA) is 84.3 Å². The number of aliphatic carboxylic acids is 1. The van der Waals surface area contributed by atoms with Crippen molar-refractivity contribution in [1.82, 2.24) is 9.97 Å². The molecule has 0 unspecified atom stereocenters. The van der Waals surface area contributed by atoms with Crippen molar-refractivity contribution in [3.8, 4) is 11.5 Å². The summed E-state index contributed by atoms with van der Waals surface area (Å²) in [6.45, 7) is 0. The van der Waals surface area contributed by atoms with E-state index in [9.17, 15) is 4.79 Å². The molecule has 0 bridgehead atoms. The number of carbonyl (C=O) groups is 1. The van der Waals surface area contributed by atoms with E-state index in [0.717, 1.165) is 39.7 Å². The molecule has 3 aromatic carbocycles. The van der Waals surface area contributed by atoms with Crippen LogP contribution in [0.5, 0.6) is 11.5 Å². The van der Waals surface area contributed by atoms with E-state index in [1.54, 1.807) is 0 Å². The molecule has 0 spiro atoms. The highest BCUT2D eigenvalue weighted by Gasteiger charge is 2.05. The number of hydrogen-bond acceptors (Lipinski definition) is 5. The quantitative estimate of drug-likeness (QED) is 0.442. The molecule has 4 aromatic rings. The van der Waals surface area contributed by atoms with Gasteiger partial charge in [0.15, 0.2) is 0 Å². The normalized spacial score (nSPS) is 10.9. The number of ether oxygens (including phenoxy) is 1. The Labute approximate surface area is 167 Å². The Morgan fingerprint density at radius 2 is 1.69 bits per heavy atom. The van der Waals surface area contributed by atoms with Crippen LogP contribution < -0.4 is 10.1 Å². The van der Waals surface area contributed by atoms with Crippen LogP contribution in [0.3, 0.4) is 0 Å². The first-order chi connectivity index (χ1) is 14.2. The minimum atomic E-state index is -0.991. The van der Waals surface area contributed by atoms with Crippen LogP contribution in [0, 0.1) is 0 Å². The van der Waals surface area contributed by atoms with Gasteiger partial charge in [-0.05, 0) is 60.2 Å². The summed E-state index contributed by atoms with van der Waals surface area (Å²) in [7, 11) is 0. The van der Waals surface area contributed by atoms with Crippen molar-refractivity contribution in [2.75, 3.05) is 5.32 Å². The molecule has 29 heavy (non-hydrogen) atoms. The van der Waals surface area contributed by atoms with Crippen LogP contribution in [0.1, 0.15) is 5.56 Å². The fourth-order valence-electron chi connectivity index (χ4n) is 2.81. The summed E-state index contributed by atoms with van der Waals surface area (Å²) in [6, 6.07) is 22.7. The third kappa shape index (κ3) is 4.56. The van der Waals surface area contributed by atoms with Crippen molar-refractivity contribution >= 4 is 34.5 Å². The molecule has 6 heteroatoms. The van der Waals surface area contributed by atoms with Crippen LogP contribution in [0.25, 0.3) is 17.0 Å². The first-order valence-electron chi connectivity index (χ1n) is 8.93. The molecule has 4 rings (SSSR count). The molecule has 2 N–H and O–H groups in total. The molecule has 0 aliphatic heterocycles. The van der Waals surface area contributed by atoms with E-state index in [2.05, 4.69) is 15.3 Å². The van der Waals surface area contributed by atoms with Crippen molar-refractivity contribution in [3.05, 3.63) is 90.8 Å². The predicted octanol–water partition coefficient (Wildman–Crippen LogP) is 5.26. The largest absolute Gasteiger partial charge is 0.478 e. The Hall–Kier alpha value is -4.19. The van der Waals surface area contributed by atoms with Gasteiger partial charge in [-0.3, -0.25) is 0 Å². The highest BCUT2D eigenvalue weighted by molar-refractivity contribution is 5.93. The van der Waals surface area contributed by atoms with E-state index in [1.807, 2.05) is 72.8 Å². The lowest BCUT2D eigenvalue weighted by atomic mass is 10.1. The molecule has 0 radical (unpaired) electrons. The molecule has 0 amide bonds. The van der Waals surface area contributed by atoms with Crippen molar-refractivity contribution in [2.24, 2.45) is 0 Å². The molecule has 6 nitrogen and oxygen atoms in total. The van der Waals surface area contributed by atoms with Gasteiger partial charge in [0.1, 0.15) is 23.6 Å². The van der Waals surface area contributed by atoms with Crippen LogP contribution >= 0.6 is 0 Å². The zero-order valence-corrected chi connectivity index (χ0v) is 15.3. The van der Waals surface area contributed by atoms with Gasteiger partial charge in [-0.1, -0.05) is 24.3 Å². The molecular weight excluding hydrogens is 366 g/mol. The van der Waals surface area contributed by atoms with Gasteiger partial charge in [0.25, 0.3) is 0 Å². The second-order valence-electron chi connectivity index (χ2n) is 6.23. The number of benzene rings is 3. The van der Waals surface area contributed by atoms with E-state index in [0.29, 0.717) is 5.82 Å². The third-order valence-electron chi connectivity index (χ3n) is 4.17. The van der Waals surface area contributed by atoms with Crippen molar-refractivity contribution < 1.29 is 14.6 Å². The maximum absolute atomic E-state index is 10.7. The Kier molecular flexibility index (Phi) is 5.16. The maximum atomic E-state index is 10.7. The van der Waals surface area contributed by atoms with E-state index in [1.165, 1.54) is 12.4 Å². The van der Waals surface area contributed by atoms with Gasteiger partial charge >= 0.3 is 5.97 Å². The number of fused-ring (bicyclic) bond motifs is 1. The van der Waals surface area contributed by atoms with Crippen molar-refractivity contribution in [1.29, 1.82) is 0 Å². The molecular formula is C23H17N3O3. The number of carboxylic acid groups (broad SMARTS) is 1. The van der Waals surface area contributed by atoms with Gasteiger partial charge in [-0.15, -0.1) is 0 Å². The molecule has 1 heterocycles. The number of nitrogens with one attached hydrogen (secondary N) is 1. The second-order valence-corrected chi connectivity index (χ2v) is 6.23. The standard InChI is InChI=1S/C23H17N3O3/c27-22(28)13-7-16-6-12-20-21(14-16)24-15-25-23(20)26-17-8-10-19(11-9-17)29-18-4-2-1-3-5-18/h1-15H,(H,27,28)(H,24,25,26). The van der Waals surface area contributed by atoms with Crippen LogP contribution in [-0.4, -0.2) is 21.0 Å². The SMILES string of the molecule is O=C(O)C=Cc1ccc2c(Nc3ccc(Oc4ccccc4)cc3)ncnc2c1. The van der Waals surface area contributed by atoms with Crippen LogP contribution in [0.2, 0.25) is 0 Å². The summed E-state index contributed by atoms with van der Waals surface area (Å²) in [5.41, 5.74) is 2.34. The third-order valence-corrected chi connectivity index (χ3v) is 4.17. The summed E-state index contributed by atoms with van der Waals surface area (Å²) < 4.78 is 5.81. The van der Waals surface area contributed by atoms with E-state index < -0.39 is 5.97 Å². The first-order valence-corrected chi connectivity index (χ1v) is 8.93. The fraction of sp³-hybridized carbons (Fsp3) is 0. The van der Waals surface area contributed by atoms with Gasteiger partial charge in [-0.2, -0.15) is 0 Å². The lowest BCUT2D eigenvalue weighted by molar-refractivity contribution is -0.131. The number of nitrogens with zero attached hydrogens (tertiary/aromatic N) is 2. The molecule has 0 aliphatic rings. The number of para-hydroxylation sites is 1. The molecule has 0 saturated heterocycles. The number of aromatic nitrogens is 2. The summed E-state index contributed by atoms with van der Waals surface area (Å²) in [6.07, 6.45) is 4.10. The van der Waals surface area contributed by atoms with Crippen molar-refractivity contribution in [3.63, 3.8) is 0 Å². The maximum Gasteiger partial charge on any atom is 0.328 e. The number of rotatable bonds is 6. The molecule has 0 atom stereocenters. The van der Waals surface area contributed by atoms with Crippen LogP contribution in [-0.2, 0) is 4.79 Å². The van der Waals surface area contributed by atoms with Gasteiger partial charge < -0.3 is 15.2 Å². The molecule has 0 aliphatic carbocycles. The summed E-state index contributed by atoms with van der Waals surface area (Å²) in [5.74, 6) is 1.20. The minimum absolute atomic E-state index is 0.667. The van der Waals surface area contributed by atoms with Crippen LogP contribution in [0.4, 0.5) is 11.5 Å². The van der Waals surface area contributed by atoms with Gasteiger partial charge in [0.2, 0.25) is 0 Å². The van der Waals surface area contributed by atoms with Gasteiger partial charge in [0, 0.05) is 17.1 Å². The fourth-order valence-corrected chi connectivity index (χ4v) is 2.81. The Morgan fingerprint density at radius 3 is 2.45 bits per heavy atom. The summed E-state index contributed by atoms with van der Waals surface area (Å²) in [4.78, 5) is 19.3. The highest BCUT2D eigenvalue weighted by Crippen LogP contribution is 2.27. The Morgan fingerprint density at radius 1 is 0.931 bits per heavy atom. The predicted molar refractivity (Wildman–Crippen MR) is 112 cm³/mol. The molecule has 142 valence electrons. The van der Waals surface area contributed by atoms with Gasteiger partial charge in [-0.25, -0.2) is 14.8 Å². The van der Waals surface area contributed by atoms with E-state index in [4.69, 9.17) is 9.84 Å². The molecule has 1 aromatic heterocycles. The first kappa shape index (κ1) is 18.2. The van der Waals surface area contributed by atoms with Gasteiger partial charge in [0.05, 0.1) is 5.52 Å². The zero-order chi connectivity index (χ0) is 20.1. The summed E-state index contributed by atoms with van der Waals surface area (Å²) >= 11 is 0. The number of anilines is 2. The van der Waals surface area contributed by atoms with Crippen molar-refractivity contribution in [2.45, 2.75) is 0 Å². The van der Waals surface area contributed by atoms with E-state index >= 15 is 0 Å². The monoisotopic (exact) mass is 383 g/mol. The molecule has 0 saturated carbocycles. The highest BCUT2D eigenvalue weighted by atomic mass is 16.5. The average molecular weight is 383 g/mol. The number of hydrogen-bond donors (Lipinski definition) is 2. The Bertz CT molecular complexity index is 1170. The minimum Gasteiger partial charge on any atom is -0.478 e. The lowest BCUT2D eigenvalue weighted by Crippen LogP contribution is -1.96. The average Bonchev–Trinajstić information content (AvgIpc) is 2.74. The Balaban J connectivity index is 1.53. The summed E-state index contributed by atoms with van der Waals surface area (Å²) in [5, 5.41) is 12.9. The number of carboxylic acids is 1. The zero-order valence-electron chi connectivity index (χ0n) is 15.3. The second kappa shape index (κ2) is 8.22. The smallest absolute Gasteiger partial charge is 0.328 e. The van der Waals surface area contributed by atoms with E-state index in [-0.39, 0.29) is 0 Å². The lowest BCUT2D eigenvalue weighted by Gasteiger charge is -2.10.